The molecule has 0 bridgehead atoms. The van der Waals surface area contributed by atoms with Crippen LogP contribution in [-0.4, -0.2) is 46.2 Å². The monoisotopic (exact) mass is 453 g/mol. The topological polar surface area (TPSA) is 98.8 Å². The Kier molecular flexibility index (Phi) is 8.57. The highest BCUT2D eigenvalue weighted by atomic mass is 32.2. The van der Waals surface area contributed by atoms with E-state index in [1.54, 1.807) is 12.1 Å². The van der Waals surface area contributed by atoms with Gasteiger partial charge in [0.2, 0.25) is 15.8 Å². The SMILES string of the molecule is Cc1cc(OCC(=O)OCC(=O)c2ccc(CCNS(C)(=O)=O)s2)ccc1C(C)C. The van der Waals surface area contributed by atoms with Crippen LogP contribution < -0.4 is 9.46 Å². The van der Waals surface area contributed by atoms with Crippen LogP contribution in [0.3, 0.4) is 0 Å². The molecule has 2 rings (SSSR count). The summed E-state index contributed by atoms with van der Waals surface area (Å²) in [6.07, 6.45) is 1.57. The van der Waals surface area contributed by atoms with Crippen molar-refractivity contribution in [2.75, 3.05) is 26.0 Å². The Labute approximate surface area is 181 Å². The number of nitrogens with one attached hydrogen (secondary N) is 1. The number of rotatable bonds is 11. The highest BCUT2D eigenvalue weighted by molar-refractivity contribution is 7.88. The van der Waals surface area contributed by atoms with Crippen molar-refractivity contribution in [3.8, 4) is 5.75 Å². The third-order valence-electron chi connectivity index (χ3n) is 4.26. The molecule has 7 nitrogen and oxygen atoms in total. The third-order valence-corrected chi connectivity index (χ3v) is 6.17. The minimum absolute atomic E-state index is 0.261. The van der Waals surface area contributed by atoms with Crippen LogP contribution in [0.5, 0.6) is 5.75 Å². The lowest BCUT2D eigenvalue weighted by Crippen LogP contribution is -2.24. The number of sulfonamides is 1. The van der Waals surface area contributed by atoms with Gasteiger partial charge in [-0.25, -0.2) is 17.9 Å². The number of carbonyl (C=O) groups is 2. The Bertz CT molecular complexity index is 995. The Hall–Kier alpha value is -2.23. The van der Waals surface area contributed by atoms with E-state index >= 15 is 0 Å². The van der Waals surface area contributed by atoms with Gasteiger partial charge < -0.3 is 9.47 Å². The van der Waals surface area contributed by atoms with Gasteiger partial charge in [-0.1, -0.05) is 19.9 Å². The lowest BCUT2D eigenvalue weighted by atomic mass is 9.98. The zero-order chi connectivity index (χ0) is 22.3. The number of ether oxygens (including phenoxy) is 2. The normalized spacial score (nSPS) is 11.5. The summed E-state index contributed by atoms with van der Waals surface area (Å²) >= 11 is 1.25. The standard InChI is InChI=1S/C21H27NO6S2/c1-14(2)18-7-5-16(11-15(18)3)27-13-21(24)28-12-19(23)20-8-6-17(29-20)9-10-22-30(4,25)26/h5-8,11,14,22H,9-10,12-13H2,1-4H3. The number of thiophene rings is 1. The molecule has 0 unspecified atom stereocenters. The fraction of sp³-hybridized carbons (Fsp3) is 0.429. The summed E-state index contributed by atoms with van der Waals surface area (Å²) < 4.78 is 35.0. The van der Waals surface area contributed by atoms with Crippen LogP contribution in [-0.2, 0) is 26.0 Å². The number of hydrogen-bond acceptors (Lipinski definition) is 7. The minimum atomic E-state index is -3.24. The maximum Gasteiger partial charge on any atom is 0.344 e. The van der Waals surface area contributed by atoms with Gasteiger partial charge in [0.25, 0.3) is 0 Å². The van der Waals surface area contributed by atoms with Crippen molar-refractivity contribution in [1.29, 1.82) is 0 Å². The van der Waals surface area contributed by atoms with Gasteiger partial charge in [-0.15, -0.1) is 11.3 Å². The Morgan fingerprint density at radius 3 is 2.50 bits per heavy atom. The van der Waals surface area contributed by atoms with Gasteiger partial charge in [-0.3, -0.25) is 4.79 Å². The van der Waals surface area contributed by atoms with Crippen LogP contribution in [0.15, 0.2) is 30.3 Å². The lowest BCUT2D eigenvalue weighted by molar-refractivity contribution is -0.144. The molecule has 0 radical (unpaired) electrons. The van der Waals surface area contributed by atoms with Crippen molar-refractivity contribution in [2.24, 2.45) is 0 Å². The Morgan fingerprint density at radius 2 is 1.87 bits per heavy atom. The molecule has 0 fully saturated rings. The van der Waals surface area contributed by atoms with Gasteiger partial charge in [0.15, 0.2) is 13.2 Å². The first-order chi connectivity index (χ1) is 14.0. The van der Waals surface area contributed by atoms with E-state index in [0.717, 1.165) is 16.7 Å². The van der Waals surface area contributed by atoms with Gasteiger partial charge in [0, 0.05) is 11.4 Å². The van der Waals surface area contributed by atoms with Crippen molar-refractivity contribution >= 4 is 33.1 Å². The predicted octanol–water partition coefficient (Wildman–Crippen LogP) is 3.08. The number of aryl methyl sites for hydroxylation is 1. The average molecular weight is 454 g/mol. The van der Waals surface area contributed by atoms with Crippen LogP contribution >= 0.6 is 11.3 Å². The molecule has 0 saturated heterocycles. The molecule has 0 aliphatic carbocycles. The van der Waals surface area contributed by atoms with Crippen LogP contribution in [0.4, 0.5) is 0 Å². The van der Waals surface area contributed by atoms with E-state index in [4.69, 9.17) is 9.47 Å². The zero-order valence-corrected chi connectivity index (χ0v) is 19.2. The van der Waals surface area contributed by atoms with E-state index in [1.807, 2.05) is 25.1 Å². The third kappa shape index (κ3) is 7.89. The molecule has 9 heteroatoms. The zero-order valence-electron chi connectivity index (χ0n) is 17.6. The Morgan fingerprint density at radius 1 is 1.13 bits per heavy atom. The molecule has 0 atom stereocenters. The first-order valence-electron chi connectivity index (χ1n) is 9.50. The van der Waals surface area contributed by atoms with Gasteiger partial charge in [-0.05, 0) is 54.7 Å². The highest BCUT2D eigenvalue weighted by Crippen LogP contribution is 2.23. The summed E-state index contributed by atoms with van der Waals surface area (Å²) in [5, 5.41) is 0. The maximum atomic E-state index is 12.2. The van der Waals surface area contributed by atoms with Crippen molar-refractivity contribution in [3.05, 3.63) is 51.2 Å². The summed E-state index contributed by atoms with van der Waals surface area (Å²) in [4.78, 5) is 25.4. The minimum Gasteiger partial charge on any atom is -0.482 e. The number of benzene rings is 1. The molecule has 164 valence electrons. The molecule has 2 aromatic rings. The molecule has 1 aromatic carbocycles. The van der Waals surface area contributed by atoms with E-state index in [0.29, 0.717) is 23.0 Å². The van der Waals surface area contributed by atoms with Gasteiger partial charge in [0.05, 0.1) is 11.1 Å². The summed E-state index contributed by atoms with van der Waals surface area (Å²) in [7, 11) is -3.24. The molecule has 0 amide bonds. The fourth-order valence-corrected chi connectivity index (χ4v) is 4.21. The summed E-state index contributed by atoms with van der Waals surface area (Å²) in [5.41, 5.74) is 2.31. The van der Waals surface area contributed by atoms with Crippen molar-refractivity contribution in [3.63, 3.8) is 0 Å². The first kappa shape index (κ1) is 24.0. The number of carbonyl (C=O) groups excluding carboxylic acids is 2. The van der Waals surface area contributed by atoms with Gasteiger partial charge in [-0.2, -0.15) is 0 Å². The van der Waals surface area contributed by atoms with Crippen LogP contribution in [0.1, 0.15) is 45.4 Å². The first-order valence-corrected chi connectivity index (χ1v) is 12.2. The molecule has 1 N–H and O–H groups in total. The molecular formula is C21H27NO6S2. The molecule has 0 aliphatic rings. The summed E-state index contributed by atoms with van der Waals surface area (Å²) in [6.45, 7) is 5.83. The Balaban J connectivity index is 1.77. The number of ketones is 1. The molecule has 1 aromatic heterocycles. The second-order valence-corrected chi connectivity index (χ2v) is 10.2. The number of hydrogen-bond donors (Lipinski definition) is 1. The quantitative estimate of drug-likeness (QED) is 0.415. The number of esters is 1. The predicted molar refractivity (Wildman–Crippen MR) is 117 cm³/mol. The van der Waals surface area contributed by atoms with Crippen molar-refractivity contribution in [2.45, 2.75) is 33.1 Å². The smallest absolute Gasteiger partial charge is 0.344 e. The molecule has 1 heterocycles. The molecule has 30 heavy (non-hydrogen) atoms. The lowest BCUT2D eigenvalue weighted by Gasteiger charge is -2.12. The van der Waals surface area contributed by atoms with Gasteiger partial charge >= 0.3 is 5.97 Å². The molecule has 0 aliphatic heterocycles. The van der Waals surface area contributed by atoms with E-state index < -0.39 is 16.0 Å². The van der Waals surface area contributed by atoms with E-state index in [-0.39, 0.29) is 25.5 Å². The van der Waals surface area contributed by atoms with Crippen molar-refractivity contribution in [1.82, 2.24) is 4.72 Å². The van der Waals surface area contributed by atoms with Crippen LogP contribution in [0.2, 0.25) is 0 Å². The van der Waals surface area contributed by atoms with E-state index in [1.165, 1.54) is 16.9 Å². The second kappa shape index (κ2) is 10.7. The second-order valence-electron chi connectivity index (χ2n) is 7.23. The van der Waals surface area contributed by atoms with Crippen LogP contribution in [0.25, 0.3) is 0 Å². The molecular weight excluding hydrogens is 426 g/mol. The highest BCUT2D eigenvalue weighted by Gasteiger charge is 2.14. The van der Waals surface area contributed by atoms with Gasteiger partial charge in [0.1, 0.15) is 5.75 Å². The van der Waals surface area contributed by atoms with E-state index in [2.05, 4.69) is 18.6 Å². The van der Waals surface area contributed by atoms with E-state index in [9.17, 15) is 18.0 Å². The average Bonchev–Trinajstić information content (AvgIpc) is 3.12. The van der Waals surface area contributed by atoms with Crippen molar-refractivity contribution < 1.29 is 27.5 Å². The largest absolute Gasteiger partial charge is 0.482 e. The number of Topliss-reactive ketones (excluding diaryl/α,β-unsaturated/α-hetero) is 1. The van der Waals surface area contributed by atoms with Crippen LogP contribution in [0, 0.1) is 6.92 Å². The molecule has 0 spiro atoms. The molecule has 0 saturated carbocycles. The summed E-state index contributed by atoms with van der Waals surface area (Å²) in [6, 6.07) is 9.07. The summed E-state index contributed by atoms with van der Waals surface area (Å²) in [5.74, 6) is 0.0467. The fourth-order valence-electron chi connectivity index (χ4n) is 2.81. The maximum absolute atomic E-state index is 12.2.